The average Bonchev–Trinajstić information content (AvgIpc) is 2.40. The number of ether oxygens (including phenoxy) is 2. The number of carbonyl (C=O) groups excluding carboxylic acids is 1. The Morgan fingerprint density at radius 2 is 1.80 bits per heavy atom. The summed E-state index contributed by atoms with van der Waals surface area (Å²) in [5.41, 5.74) is 0.333. The fraction of sp³-hybridized carbons (Fsp3) is 0.611. The number of hydrogen-bond donors (Lipinski definition) is 0. The van der Waals surface area contributed by atoms with Crippen LogP contribution in [0.15, 0.2) is 16.6 Å². The van der Waals surface area contributed by atoms with Crippen molar-refractivity contribution in [3.63, 3.8) is 0 Å². The lowest BCUT2D eigenvalue weighted by Crippen LogP contribution is -2.30. The molecule has 25 heavy (non-hydrogen) atoms. The topological polar surface area (TPSA) is 78.7 Å². The molecular weight excluding hydrogens is 390 g/mol. The maximum Gasteiger partial charge on any atom is 0.311 e. The van der Waals surface area contributed by atoms with E-state index in [1.807, 2.05) is 20.8 Å². The minimum absolute atomic E-state index is 0.00526. The predicted octanol–water partition coefficient (Wildman–Crippen LogP) is 5.11. The summed E-state index contributed by atoms with van der Waals surface area (Å²) in [7, 11) is 0. The van der Waals surface area contributed by atoms with Crippen LogP contribution in [0.5, 0.6) is 0 Å². The molecule has 0 N–H and O–H groups in total. The van der Waals surface area contributed by atoms with Gasteiger partial charge in [-0.2, -0.15) is 0 Å². The number of nitrogens with zero attached hydrogens (tertiary/aromatic N) is 1. The van der Waals surface area contributed by atoms with Gasteiger partial charge in [-0.25, -0.2) is 0 Å². The van der Waals surface area contributed by atoms with Gasteiger partial charge in [-0.3, -0.25) is 14.9 Å². The van der Waals surface area contributed by atoms with Gasteiger partial charge in [0.05, 0.1) is 15.9 Å². The maximum absolute atomic E-state index is 12.1. The first-order valence-corrected chi connectivity index (χ1v) is 8.81. The van der Waals surface area contributed by atoms with E-state index in [2.05, 4.69) is 15.9 Å². The van der Waals surface area contributed by atoms with Crippen LogP contribution in [-0.2, 0) is 14.3 Å². The summed E-state index contributed by atoms with van der Waals surface area (Å²) in [5, 5.41) is 11.0. The van der Waals surface area contributed by atoms with Crippen LogP contribution in [0.4, 0.5) is 5.69 Å². The molecule has 0 aliphatic rings. The first-order valence-electron chi connectivity index (χ1n) is 8.02. The van der Waals surface area contributed by atoms with Gasteiger partial charge in [-0.15, -0.1) is 0 Å². The molecule has 0 radical (unpaired) electrons. The van der Waals surface area contributed by atoms with E-state index >= 15 is 0 Å². The van der Waals surface area contributed by atoms with Crippen molar-refractivity contribution in [2.24, 2.45) is 5.41 Å². The molecule has 1 aromatic rings. The van der Waals surface area contributed by atoms with E-state index in [0.717, 1.165) is 5.56 Å². The van der Waals surface area contributed by atoms with Crippen LogP contribution in [0.3, 0.4) is 0 Å². The number of hydrogen-bond acceptors (Lipinski definition) is 5. The number of halogens is 1. The summed E-state index contributed by atoms with van der Waals surface area (Å²) in [6.45, 7) is 12.9. The van der Waals surface area contributed by atoms with Gasteiger partial charge in [-0.1, -0.05) is 15.9 Å². The van der Waals surface area contributed by atoms with Crippen LogP contribution in [-0.4, -0.2) is 23.1 Å². The first-order chi connectivity index (χ1) is 11.2. The number of nitro benzene ring substituents is 1. The van der Waals surface area contributed by atoms with E-state index in [1.165, 1.54) is 12.1 Å². The van der Waals surface area contributed by atoms with E-state index < -0.39 is 22.0 Å². The lowest BCUT2D eigenvalue weighted by molar-refractivity contribution is -0.385. The third-order valence-electron chi connectivity index (χ3n) is 3.33. The van der Waals surface area contributed by atoms with Crippen LogP contribution >= 0.6 is 15.9 Å². The van der Waals surface area contributed by atoms with Crippen molar-refractivity contribution in [2.45, 2.75) is 60.2 Å². The van der Waals surface area contributed by atoms with E-state index in [1.54, 1.807) is 27.7 Å². The average molecular weight is 416 g/mol. The van der Waals surface area contributed by atoms with Gasteiger partial charge >= 0.3 is 5.97 Å². The van der Waals surface area contributed by atoms with Gasteiger partial charge in [0.15, 0.2) is 0 Å². The SMILES string of the molecule is Cc1cc([N+](=O)[O-])cc(Br)c1[C@H](COC(=O)C(C)(C)C)OC(C)(C)C. The Balaban J connectivity index is 3.20. The van der Waals surface area contributed by atoms with Crippen molar-refractivity contribution in [2.75, 3.05) is 6.61 Å². The molecule has 0 fully saturated rings. The number of nitro groups is 1. The number of non-ortho nitro benzene ring substituents is 1. The van der Waals surface area contributed by atoms with Crippen molar-refractivity contribution >= 4 is 27.6 Å². The zero-order valence-electron chi connectivity index (χ0n) is 15.8. The molecule has 6 nitrogen and oxygen atoms in total. The highest BCUT2D eigenvalue weighted by Gasteiger charge is 2.29. The van der Waals surface area contributed by atoms with Crippen molar-refractivity contribution in [3.05, 3.63) is 37.8 Å². The molecule has 0 bridgehead atoms. The van der Waals surface area contributed by atoms with Gasteiger partial charge in [0, 0.05) is 22.2 Å². The lowest BCUT2D eigenvalue weighted by atomic mass is 9.97. The first kappa shape index (κ1) is 21.6. The second-order valence-corrected chi connectivity index (χ2v) is 8.84. The van der Waals surface area contributed by atoms with Gasteiger partial charge in [0.2, 0.25) is 0 Å². The monoisotopic (exact) mass is 415 g/mol. The molecule has 7 heteroatoms. The Morgan fingerprint density at radius 3 is 2.20 bits per heavy atom. The zero-order chi connectivity index (χ0) is 19.6. The Labute approximate surface area is 157 Å². The normalized spacial score (nSPS) is 13.4. The predicted molar refractivity (Wildman–Crippen MR) is 99.5 cm³/mol. The molecule has 1 rings (SSSR count). The zero-order valence-corrected chi connectivity index (χ0v) is 17.4. The van der Waals surface area contributed by atoms with Gasteiger partial charge in [0.25, 0.3) is 5.69 Å². The second-order valence-electron chi connectivity index (χ2n) is 7.98. The van der Waals surface area contributed by atoms with Crippen LogP contribution in [0.1, 0.15) is 58.8 Å². The summed E-state index contributed by atoms with van der Waals surface area (Å²) < 4.78 is 12.1. The Hall–Kier alpha value is -1.47. The molecule has 0 saturated carbocycles. The minimum Gasteiger partial charge on any atom is -0.462 e. The summed E-state index contributed by atoms with van der Waals surface area (Å²) >= 11 is 3.40. The smallest absolute Gasteiger partial charge is 0.311 e. The van der Waals surface area contributed by atoms with Gasteiger partial charge in [-0.05, 0) is 54.0 Å². The third-order valence-corrected chi connectivity index (χ3v) is 3.98. The van der Waals surface area contributed by atoms with Crippen LogP contribution in [0.2, 0.25) is 0 Å². The molecule has 1 aromatic carbocycles. The molecule has 140 valence electrons. The molecule has 0 spiro atoms. The van der Waals surface area contributed by atoms with Crippen molar-refractivity contribution in [3.8, 4) is 0 Å². The molecule has 0 aromatic heterocycles. The quantitative estimate of drug-likeness (QED) is 0.379. The maximum atomic E-state index is 12.1. The van der Waals surface area contributed by atoms with Crippen molar-refractivity contribution < 1.29 is 19.2 Å². The number of esters is 1. The Morgan fingerprint density at radius 1 is 1.24 bits per heavy atom. The summed E-state index contributed by atoms with van der Waals surface area (Å²) in [6, 6.07) is 2.93. The lowest BCUT2D eigenvalue weighted by Gasteiger charge is -2.30. The summed E-state index contributed by atoms with van der Waals surface area (Å²) in [6.07, 6.45) is -0.540. The summed E-state index contributed by atoms with van der Waals surface area (Å²) in [4.78, 5) is 22.7. The molecule has 0 aliphatic carbocycles. The number of rotatable bonds is 5. The Bertz CT molecular complexity index is 635. The van der Waals surface area contributed by atoms with E-state index in [-0.39, 0.29) is 18.3 Å². The highest BCUT2D eigenvalue weighted by Crippen LogP contribution is 2.35. The fourth-order valence-electron chi connectivity index (χ4n) is 2.22. The second kappa shape index (κ2) is 7.83. The summed E-state index contributed by atoms with van der Waals surface area (Å²) in [5.74, 6) is -0.328. The molecule has 1 atom stereocenters. The van der Waals surface area contributed by atoms with Crippen LogP contribution in [0.25, 0.3) is 0 Å². The molecule has 0 unspecified atom stereocenters. The van der Waals surface area contributed by atoms with Crippen LogP contribution in [0, 0.1) is 22.5 Å². The molecule has 0 amide bonds. The molecule has 0 heterocycles. The van der Waals surface area contributed by atoms with Crippen LogP contribution < -0.4 is 0 Å². The standard InChI is InChI=1S/C18H26BrNO5/c1-11-8-12(20(22)23)9-13(19)15(11)14(25-18(5,6)7)10-24-16(21)17(2,3)4/h8-9,14H,10H2,1-7H3/t14-/m0/s1. The largest absolute Gasteiger partial charge is 0.462 e. The number of carbonyl (C=O) groups is 1. The van der Waals surface area contributed by atoms with Gasteiger partial charge < -0.3 is 9.47 Å². The van der Waals surface area contributed by atoms with Crippen molar-refractivity contribution in [1.29, 1.82) is 0 Å². The fourth-order valence-corrected chi connectivity index (χ4v) is 3.02. The minimum atomic E-state index is -0.617. The van der Waals surface area contributed by atoms with E-state index in [4.69, 9.17) is 9.47 Å². The van der Waals surface area contributed by atoms with Gasteiger partial charge in [0.1, 0.15) is 12.7 Å². The Kier molecular flexibility index (Phi) is 6.75. The molecular formula is C18H26BrNO5. The third kappa shape index (κ3) is 6.40. The van der Waals surface area contributed by atoms with E-state index in [9.17, 15) is 14.9 Å². The highest BCUT2D eigenvalue weighted by atomic mass is 79.9. The molecule has 0 saturated heterocycles. The van der Waals surface area contributed by atoms with E-state index in [0.29, 0.717) is 10.0 Å². The number of aryl methyl sites for hydroxylation is 1. The highest BCUT2D eigenvalue weighted by molar-refractivity contribution is 9.10. The van der Waals surface area contributed by atoms with Crippen molar-refractivity contribution in [1.82, 2.24) is 0 Å². The number of benzene rings is 1. The molecule has 0 aliphatic heterocycles.